The van der Waals surface area contributed by atoms with Crippen molar-refractivity contribution in [2.24, 2.45) is 0 Å². The van der Waals surface area contributed by atoms with E-state index in [1.54, 1.807) is 11.3 Å². The summed E-state index contributed by atoms with van der Waals surface area (Å²) in [4.78, 5) is 3.69. The van der Waals surface area contributed by atoms with Crippen molar-refractivity contribution in [2.75, 3.05) is 33.0 Å². The number of benzene rings is 2. The molecule has 0 spiro atoms. The van der Waals surface area contributed by atoms with Gasteiger partial charge in [-0.3, -0.25) is 4.90 Å². The summed E-state index contributed by atoms with van der Waals surface area (Å²) in [6.07, 6.45) is 5.56. The van der Waals surface area contributed by atoms with Crippen LogP contribution in [-0.2, 0) is 5.54 Å². The van der Waals surface area contributed by atoms with E-state index in [2.05, 4.69) is 102 Å². The third-order valence-corrected chi connectivity index (χ3v) is 7.98. The van der Waals surface area contributed by atoms with E-state index >= 15 is 0 Å². The van der Waals surface area contributed by atoms with Gasteiger partial charge >= 0.3 is 0 Å². The van der Waals surface area contributed by atoms with E-state index in [1.165, 1.54) is 10.4 Å². The Balaban J connectivity index is 1.45. The smallest absolute Gasteiger partial charge is 0.143 e. The Morgan fingerprint density at radius 2 is 1.73 bits per heavy atom. The molecule has 4 nitrogen and oxygen atoms in total. The highest BCUT2D eigenvalue weighted by atomic mass is 32.1. The lowest BCUT2D eigenvalue weighted by atomic mass is 9.74. The van der Waals surface area contributed by atoms with E-state index in [-0.39, 0.29) is 11.6 Å². The van der Waals surface area contributed by atoms with Gasteiger partial charge in [-0.05, 0) is 82.5 Å². The second-order valence-electron chi connectivity index (χ2n) is 9.22. The molecule has 1 heterocycles. The van der Waals surface area contributed by atoms with Gasteiger partial charge < -0.3 is 15.4 Å². The lowest BCUT2D eigenvalue weighted by molar-refractivity contribution is 0.0944. The average Bonchev–Trinajstić information content (AvgIpc) is 3.39. The van der Waals surface area contributed by atoms with Gasteiger partial charge in [0.25, 0.3) is 0 Å². The van der Waals surface area contributed by atoms with Crippen molar-refractivity contribution < 1.29 is 4.74 Å². The van der Waals surface area contributed by atoms with Gasteiger partial charge in [-0.25, -0.2) is 0 Å². The Morgan fingerprint density at radius 3 is 2.39 bits per heavy atom. The Labute approximate surface area is 203 Å². The van der Waals surface area contributed by atoms with Gasteiger partial charge in [-0.2, -0.15) is 0 Å². The lowest BCUT2D eigenvalue weighted by Gasteiger charge is -2.46. The first-order valence-corrected chi connectivity index (χ1v) is 12.9. The maximum Gasteiger partial charge on any atom is 0.143 e. The monoisotopic (exact) mass is 463 g/mol. The molecule has 1 atom stereocenters. The van der Waals surface area contributed by atoms with Gasteiger partial charge in [0, 0.05) is 22.9 Å². The number of hydrogen-bond acceptors (Lipinski definition) is 5. The second kappa shape index (κ2) is 11.2. The molecule has 3 aromatic rings. The van der Waals surface area contributed by atoms with Crippen LogP contribution in [0.1, 0.15) is 48.6 Å². The summed E-state index contributed by atoms with van der Waals surface area (Å²) < 4.78 is 6.58. The molecular formula is C28H37N3OS. The largest absolute Gasteiger partial charge is 0.483 e. The molecule has 0 amide bonds. The van der Waals surface area contributed by atoms with Crippen molar-refractivity contribution >= 4 is 17.0 Å². The fraction of sp³-hybridized carbons (Fsp3) is 0.429. The van der Waals surface area contributed by atoms with Gasteiger partial charge in [0.15, 0.2) is 0 Å². The standard InChI is InChI=1S/C28H37N3OS/c1-29-20-17-26(27-14-9-21-33-27)32-25-13-8-7-12-24(25)30-23-15-18-28(19-16-23,31(2)3)22-10-5-4-6-11-22/h4-14,21,23,26,29-30H,15-20H2,1-3H3/t23-,26-,28+/m1/s1. The molecule has 1 saturated carbocycles. The molecule has 0 unspecified atom stereocenters. The Hall–Kier alpha value is -2.34. The molecule has 1 aliphatic carbocycles. The van der Waals surface area contributed by atoms with Crippen LogP contribution >= 0.6 is 11.3 Å². The number of rotatable bonds is 10. The van der Waals surface area contributed by atoms with Crippen LogP contribution in [0.15, 0.2) is 72.1 Å². The SMILES string of the molecule is CNCC[C@@H](Oc1ccccc1N[C@H]1CC[C@@](c2ccccc2)(N(C)C)CC1)c1cccs1. The Kier molecular flexibility index (Phi) is 8.07. The minimum absolute atomic E-state index is 0.0613. The summed E-state index contributed by atoms with van der Waals surface area (Å²) in [7, 11) is 6.44. The molecular weight excluding hydrogens is 426 g/mol. The predicted octanol–water partition coefficient (Wildman–Crippen LogP) is 6.29. The molecule has 4 rings (SSSR count). The number of para-hydroxylation sites is 2. The third-order valence-electron chi connectivity index (χ3n) is 7.01. The van der Waals surface area contributed by atoms with Crippen LogP contribution in [0.3, 0.4) is 0 Å². The summed E-state index contributed by atoms with van der Waals surface area (Å²) in [5, 5.41) is 9.22. The van der Waals surface area contributed by atoms with Gasteiger partial charge in [0.1, 0.15) is 11.9 Å². The highest BCUT2D eigenvalue weighted by Crippen LogP contribution is 2.42. The van der Waals surface area contributed by atoms with E-state index in [9.17, 15) is 0 Å². The molecule has 1 aromatic heterocycles. The summed E-state index contributed by atoms with van der Waals surface area (Å²) in [6, 6.07) is 24.1. The van der Waals surface area contributed by atoms with Crippen molar-refractivity contribution in [1.29, 1.82) is 0 Å². The van der Waals surface area contributed by atoms with Crippen LogP contribution in [0.4, 0.5) is 5.69 Å². The molecule has 0 saturated heterocycles. The van der Waals surface area contributed by atoms with Crippen LogP contribution in [0.25, 0.3) is 0 Å². The third kappa shape index (κ3) is 5.60. The van der Waals surface area contributed by atoms with Crippen molar-refractivity contribution in [3.8, 4) is 5.75 Å². The molecule has 1 fully saturated rings. The topological polar surface area (TPSA) is 36.5 Å². The molecule has 2 N–H and O–H groups in total. The maximum absolute atomic E-state index is 6.58. The van der Waals surface area contributed by atoms with Crippen LogP contribution < -0.4 is 15.4 Å². The molecule has 1 aliphatic rings. The molecule has 0 bridgehead atoms. The zero-order chi connectivity index (χ0) is 23.1. The maximum atomic E-state index is 6.58. The van der Waals surface area contributed by atoms with Crippen molar-refractivity contribution in [3.63, 3.8) is 0 Å². The highest BCUT2D eigenvalue weighted by molar-refractivity contribution is 7.10. The fourth-order valence-corrected chi connectivity index (χ4v) is 5.84. The average molecular weight is 464 g/mol. The van der Waals surface area contributed by atoms with Crippen LogP contribution in [0.5, 0.6) is 5.75 Å². The van der Waals surface area contributed by atoms with Crippen LogP contribution in [0, 0.1) is 0 Å². The zero-order valence-corrected chi connectivity index (χ0v) is 20.9. The van der Waals surface area contributed by atoms with E-state index in [0.717, 1.165) is 50.1 Å². The predicted molar refractivity (Wildman–Crippen MR) is 140 cm³/mol. The minimum Gasteiger partial charge on any atom is -0.483 e. The number of thiophene rings is 1. The Morgan fingerprint density at radius 1 is 1.00 bits per heavy atom. The summed E-state index contributed by atoms with van der Waals surface area (Å²) in [6.45, 7) is 0.924. The normalized spacial score (nSPS) is 21.6. The van der Waals surface area contributed by atoms with E-state index in [1.807, 2.05) is 7.05 Å². The first kappa shape index (κ1) is 23.8. The van der Waals surface area contributed by atoms with Gasteiger partial charge in [-0.15, -0.1) is 11.3 Å². The van der Waals surface area contributed by atoms with E-state index < -0.39 is 0 Å². The van der Waals surface area contributed by atoms with E-state index in [0.29, 0.717) is 6.04 Å². The lowest BCUT2D eigenvalue weighted by Crippen LogP contribution is -2.46. The van der Waals surface area contributed by atoms with Crippen LogP contribution in [-0.4, -0.2) is 38.6 Å². The number of ether oxygens (including phenoxy) is 1. The quantitative estimate of drug-likeness (QED) is 0.370. The number of hydrogen-bond donors (Lipinski definition) is 2. The van der Waals surface area contributed by atoms with Crippen LogP contribution in [0.2, 0.25) is 0 Å². The van der Waals surface area contributed by atoms with E-state index in [4.69, 9.17) is 4.74 Å². The number of nitrogens with one attached hydrogen (secondary N) is 2. The number of nitrogens with zero attached hydrogens (tertiary/aromatic N) is 1. The first-order valence-electron chi connectivity index (χ1n) is 12.1. The molecule has 176 valence electrons. The Bertz CT molecular complexity index is 966. The van der Waals surface area contributed by atoms with Gasteiger partial charge in [-0.1, -0.05) is 48.5 Å². The highest BCUT2D eigenvalue weighted by Gasteiger charge is 2.38. The van der Waals surface area contributed by atoms with Gasteiger partial charge in [0.05, 0.1) is 5.69 Å². The van der Waals surface area contributed by atoms with Crippen molar-refractivity contribution in [2.45, 2.75) is 49.8 Å². The molecule has 2 aromatic carbocycles. The molecule has 0 radical (unpaired) electrons. The molecule has 33 heavy (non-hydrogen) atoms. The zero-order valence-electron chi connectivity index (χ0n) is 20.1. The van der Waals surface area contributed by atoms with Gasteiger partial charge in [0.2, 0.25) is 0 Å². The molecule has 5 heteroatoms. The summed E-state index contributed by atoms with van der Waals surface area (Å²) >= 11 is 1.76. The number of anilines is 1. The second-order valence-corrected chi connectivity index (χ2v) is 10.2. The first-order chi connectivity index (χ1) is 16.1. The van der Waals surface area contributed by atoms with Crippen molar-refractivity contribution in [3.05, 3.63) is 82.6 Å². The fourth-order valence-electron chi connectivity index (χ4n) is 5.05. The summed E-state index contributed by atoms with van der Waals surface area (Å²) in [5.41, 5.74) is 2.65. The van der Waals surface area contributed by atoms with Crippen molar-refractivity contribution in [1.82, 2.24) is 10.2 Å². The molecule has 0 aliphatic heterocycles. The minimum atomic E-state index is 0.0613. The summed E-state index contributed by atoms with van der Waals surface area (Å²) in [5.74, 6) is 0.944.